The number of nitrogens with zero attached hydrogens (tertiary/aromatic N) is 2. The first kappa shape index (κ1) is 12.5. The number of benzene rings is 1. The van der Waals surface area contributed by atoms with Crippen LogP contribution in [0, 0.1) is 0 Å². The number of hydrogen-bond donors (Lipinski definition) is 1. The van der Waals surface area contributed by atoms with Gasteiger partial charge >= 0.3 is 0 Å². The van der Waals surface area contributed by atoms with Gasteiger partial charge in [0.1, 0.15) is 0 Å². The first-order chi connectivity index (χ1) is 10.3. The van der Waals surface area contributed by atoms with Crippen molar-refractivity contribution < 1.29 is 5.11 Å². The van der Waals surface area contributed by atoms with Crippen LogP contribution in [0.5, 0.6) is 0 Å². The molecule has 1 aliphatic carbocycles. The zero-order valence-electron chi connectivity index (χ0n) is 11.7. The second kappa shape index (κ2) is 4.64. The molecule has 4 rings (SSSR count). The van der Waals surface area contributed by atoms with E-state index in [0.29, 0.717) is 0 Å². The molecule has 104 valence electrons. The minimum atomic E-state index is 0.0216. The fourth-order valence-corrected chi connectivity index (χ4v) is 2.90. The molecule has 0 amide bonds. The van der Waals surface area contributed by atoms with E-state index in [1.165, 1.54) is 5.56 Å². The van der Waals surface area contributed by atoms with Crippen LogP contribution < -0.4 is 0 Å². The Hall–Kier alpha value is -2.26. The van der Waals surface area contributed by atoms with Crippen molar-refractivity contribution in [3.63, 3.8) is 0 Å². The SMILES string of the molecule is OCC1(c2ccc(-c3cncc4cccnc34)cc2)CC1. The van der Waals surface area contributed by atoms with Gasteiger partial charge in [-0.3, -0.25) is 9.97 Å². The van der Waals surface area contributed by atoms with Gasteiger partial charge in [-0.05, 0) is 36.1 Å². The summed E-state index contributed by atoms with van der Waals surface area (Å²) in [5, 5.41) is 10.6. The molecule has 1 N–H and O–H groups in total. The maximum atomic E-state index is 9.52. The van der Waals surface area contributed by atoms with Gasteiger partial charge < -0.3 is 5.11 Å². The molecule has 0 radical (unpaired) electrons. The third kappa shape index (κ3) is 2.01. The first-order valence-electron chi connectivity index (χ1n) is 7.23. The predicted octanol–water partition coefficient (Wildman–Crippen LogP) is 3.32. The molecule has 1 saturated carbocycles. The van der Waals surface area contributed by atoms with Crippen LogP contribution in [0.3, 0.4) is 0 Å². The third-order valence-corrected chi connectivity index (χ3v) is 4.48. The van der Waals surface area contributed by atoms with Gasteiger partial charge in [-0.2, -0.15) is 0 Å². The van der Waals surface area contributed by atoms with Crippen molar-refractivity contribution >= 4 is 10.9 Å². The second-order valence-corrected chi connectivity index (χ2v) is 5.78. The molecule has 0 saturated heterocycles. The van der Waals surface area contributed by atoms with Crippen molar-refractivity contribution in [1.82, 2.24) is 9.97 Å². The molecule has 1 aliphatic rings. The van der Waals surface area contributed by atoms with Crippen molar-refractivity contribution in [3.05, 3.63) is 60.6 Å². The van der Waals surface area contributed by atoms with Crippen LogP contribution >= 0.6 is 0 Å². The molecule has 1 aromatic carbocycles. The molecule has 1 fully saturated rings. The molecule has 0 unspecified atom stereocenters. The molecule has 0 spiro atoms. The van der Waals surface area contributed by atoms with E-state index in [9.17, 15) is 5.11 Å². The Bertz CT molecular complexity index is 786. The second-order valence-electron chi connectivity index (χ2n) is 5.78. The lowest BCUT2D eigenvalue weighted by Gasteiger charge is -2.13. The van der Waals surface area contributed by atoms with Crippen molar-refractivity contribution in [2.45, 2.75) is 18.3 Å². The lowest BCUT2D eigenvalue weighted by atomic mass is 9.94. The van der Waals surface area contributed by atoms with E-state index < -0.39 is 0 Å². The summed E-state index contributed by atoms with van der Waals surface area (Å²) in [6.07, 6.45) is 7.68. The highest BCUT2D eigenvalue weighted by Gasteiger charge is 2.43. The number of aromatic nitrogens is 2. The fraction of sp³-hybridized carbons (Fsp3) is 0.222. The monoisotopic (exact) mass is 276 g/mol. The highest BCUT2D eigenvalue weighted by atomic mass is 16.3. The van der Waals surface area contributed by atoms with Crippen LogP contribution in [0.25, 0.3) is 22.0 Å². The summed E-state index contributed by atoms with van der Waals surface area (Å²) in [6.45, 7) is 0.240. The van der Waals surface area contributed by atoms with Gasteiger partial charge in [0.15, 0.2) is 0 Å². The highest BCUT2D eigenvalue weighted by molar-refractivity contribution is 5.92. The molecule has 3 aromatic rings. The summed E-state index contributed by atoms with van der Waals surface area (Å²) in [5.41, 5.74) is 4.39. The van der Waals surface area contributed by atoms with Crippen LogP contribution in [0.15, 0.2) is 55.0 Å². The van der Waals surface area contributed by atoms with E-state index in [0.717, 1.165) is 34.9 Å². The van der Waals surface area contributed by atoms with Gasteiger partial charge in [0, 0.05) is 35.0 Å². The molecule has 0 atom stereocenters. The Morgan fingerprint density at radius 3 is 2.57 bits per heavy atom. The Labute approximate surface area is 123 Å². The van der Waals surface area contributed by atoms with E-state index in [2.05, 4.69) is 34.2 Å². The molecule has 21 heavy (non-hydrogen) atoms. The smallest absolute Gasteiger partial charge is 0.0811 e. The van der Waals surface area contributed by atoms with Crippen LogP contribution in [0.4, 0.5) is 0 Å². The van der Waals surface area contributed by atoms with Crippen LogP contribution in [-0.2, 0) is 5.41 Å². The fourth-order valence-electron chi connectivity index (χ4n) is 2.90. The van der Waals surface area contributed by atoms with Gasteiger partial charge in [-0.25, -0.2) is 0 Å². The lowest BCUT2D eigenvalue weighted by Crippen LogP contribution is -2.11. The summed E-state index contributed by atoms with van der Waals surface area (Å²) < 4.78 is 0. The first-order valence-corrected chi connectivity index (χ1v) is 7.23. The Morgan fingerprint density at radius 2 is 1.86 bits per heavy atom. The molecular weight excluding hydrogens is 260 g/mol. The quantitative estimate of drug-likeness (QED) is 0.798. The minimum absolute atomic E-state index is 0.0216. The van der Waals surface area contributed by atoms with Crippen molar-refractivity contribution in [1.29, 1.82) is 0 Å². The predicted molar refractivity (Wildman–Crippen MR) is 83.0 cm³/mol. The molecule has 2 aromatic heterocycles. The molecule has 2 heterocycles. The Morgan fingerprint density at radius 1 is 1.05 bits per heavy atom. The normalized spacial score (nSPS) is 16.0. The standard InChI is InChI=1S/C18H16N2O/c21-12-18(7-8-18)15-5-3-13(4-6-15)16-11-19-10-14-2-1-9-20-17(14)16/h1-6,9-11,21H,7-8,12H2. The van der Waals surface area contributed by atoms with Gasteiger partial charge in [0.25, 0.3) is 0 Å². The number of aliphatic hydroxyl groups is 1. The molecule has 3 heteroatoms. The maximum absolute atomic E-state index is 9.52. The molecule has 0 bridgehead atoms. The van der Waals surface area contributed by atoms with Crippen molar-refractivity contribution in [2.75, 3.05) is 6.61 Å². The number of rotatable bonds is 3. The summed E-state index contributed by atoms with van der Waals surface area (Å²) in [5.74, 6) is 0. The number of fused-ring (bicyclic) bond motifs is 1. The van der Waals surface area contributed by atoms with Gasteiger partial charge in [0.05, 0.1) is 12.1 Å². The molecule has 0 aliphatic heterocycles. The minimum Gasteiger partial charge on any atom is -0.395 e. The summed E-state index contributed by atoms with van der Waals surface area (Å²) >= 11 is 0. The summed E-state index contributed by atoms with van der Waals surface area (Å²) in [7, 11) is 0. The van der Waals surface area contributed by atoms with Crippen LogP contribution in [0.1, 0.15) is 18.4 Å². The Kier molecular flexibility index (Phi) is 2.76. The van der Waals surface area contributed by atoms with Crippen molar-refractivity contribution in [2.24, 2.45) is 0 Å². The zero-order valence-corrected chi connectivity index (χ0v) is 11.7. The third-order valence-electron chi connectivity index (χ3n) is 4.48. The average molecular weight is 276 g/mol. The average Bonchev–Trinajstić information content (AvgIpc) is 3.36. The van der Waals surface area contributed by atoms with E-state index >= 15 is 0 Å². The number of hydrogen-bond acceptors (Lipinski definition) is 3. The molecular formula is C18H16N2O. The molecule has 3 nitrogen and oxygen atoms in total. The number of pyridine rings is 2. The largest absolute Gasteiger partial charge is 0.395 e. The zero-order chi connectivity index (χ0) is 14.3. The maximum Gasteiger partial charge on any atom is 0.0811 e. The Balaban J connectivity index is 1.79. The van der Waals surface area contributed by atoms with Crippen LogP contribution in [-0.4, -0.2) is 21.7 Å². The number of aliphatic hydroxyl groups excluding tert-OH is 1. The van der Waals surface area contributed by atoms with E-state index in [-0.39, 0.29) is 12.0 Å². The van der Waals surface area contributed by atoms with Gasteiger partial charge in [-0.1, -0.05) is 24.3 Å². The van der Waals surface area contributed by atoms with E-state index in [4.69, 9.17) is 0 Å². The highest BCUT2D eigenvalue weighted by Crippen LogP contribution is 2.47. The topological polar surface area (TPSA) is 46.0 Å². The van der Waals surface area contributed by atoms with E-state index in [1.807, 2.05) is 30.7 Å². The van der Waals surface area contributed by atoms with Crippen LogP contribution in [0.2, 0.25) is 0 Å². The lowest BCUT2D eigenvalue weighted by molar-refractivity contribution is 0.255. The summed E-state index contributed by atoms with van der Waals surface area (Å²) in [4.78, 5) is 8.79. The summed E-state index contributed by atoms with van der Waals surface area (Å²) in [6, 6.07) is 12.4. The van der Waals surface area contributed by atoms with Crippen molar-refractivity contribution in [3.8, 4) is 11.1 Å². The van der Waals surface area contributed by atoms with E-state index in [1.54, 1.807) is 0 Å². The van der Waals surface area contributed by atoms with Gasteiger partial charge in [-0.15, -0.1) is 0 Å². The van der Waals surface area contributed by atoms with Gasteiger partial charge in [0.2, 0.25) is 0 Å².